The van der Waals surface area contributed by atoms with Crippen LogP contribution >= 0.6 is 0 Å². The summed E-state index contributed by atoms with van der Waals surface area (Å²) >= 11 is 0. The minimum absolute atomic E-state index is 0.000697. The predicted octanol–water partition coefficient (Wildman–Crippen LogP) is 1.74. The molecule has 0 saturated carbocycles. The highest BCUT2D eigenvalue weighted by atomic mass is 19.1. The second-order valence-electron chi connectivity index (χ2n) is 3.08. The molecular weight excluding hydrogens is 207 g/mol. The zero-order chi connectivity index (χ0) is 11.5. The Labute approximate surface area is 91.2 Å². The van der Waals surface area contributed by atoms with Gasteiger partial charge in [0.25, 0.3) is 0 Å². The number of nitrogens with zero attached hydrogens (tertiary/aromatic N) is 3. The Kier molecular flexibility index (Phi) is 2.48. The van der Waals surface area contributed by atoms with Crippen LogP contribution in [0.3, 0.4) is 0 Å². The Morgan fingerprint density at radius 3 is 2.75 bits per heavy atom. The zero-order valence-electron chi connectivity index (χ0n) is 8.18. The highest BCUT2D eigenvalue weighted by molar-refractivity contribution is 5.61. The molecule has 0 atom stereocenters. The van der Waals surface area contributed by atoms with Gasteiger partial charge in [0.15, 0.2) is 11.5 Å². The summed E-state index contributed by atoms with van der Waals surface area (Å²) in [6.07, 6.45) is 1.34. The number of benzene rings is 1. The number of halogens is 1. The van der Waals surface area contributed by atoms with Crippen LogP contribution in [0.25, 0.3) is 11.3 Å². The molecule has 2 aromatic rings. The van der Waals surface area contributed by atoms with E-state index in [9.17, 15) is 4.39 Å². The van der Waals surface area contributed by atoms with Gasteiger partial charge in [-0.15, -0.1) is 0 Å². The third kappa shape index (κ3) is 1.68. The maximum absolute atomic E-state index is 13.4. The Morgan fingerprint density at radius 2 is 2.06 bits per heavy atom. The Hall–Kier alpha value is -2.48. The van der Waals surface area contributed by atoms with Crippen molar-refractivity contribution in [2.45, 2.75) is 0 Å². The van der Waals surface area contributed by atoms with Gasteiger partial charge in [-0.25, -0.2) is 14.4 Å². The molecule has 0 spiro atoms. The van der Waals surface area contributed by atoms with E-state index in [1.807, 2.05) is 0 Å². The number of nitrogens with two attached hydrogens (primary N) is 1. The maximum Gasteiger partial charge on any atom is 0.183 e. The predicted molar refractivity (Wildman–Crippen MR) is 56.6 cm³/mol. The van der Waals surface area contributed by atoms with Crippen molar-refractivity contribution in [3.63, 3.8) is 0 Å². The topological polar surface area (TPSA) is 75.6 Å². The van der Waals surface area contributed by atoms with Gasteiger partial charge in [0, 0.05) is 5.56 Å². The number of nitrogen functional groups attached to an aromatic ring is 1. The van der Waals surface area contributed by atoms with Crippen molar-refractivity contribution in [3.8, 4) is 17.3 Å². The van der Waals surface area contributed by atoms with Gasteiger partial charge in [0.1, 0.15) is 11.9 Å². The Balaban J connectivity index is 2.59. The van der Waals surface area contributed by atoms with Crippen LogP contribution in [0.2, 0.25) is 0 Å². The third-order valence-electron chi connectivity index (χ3n) is 2.06. The molecule has 0 aliphatic heterocycles. The number of hydrogen-bond donors (Lipinski definition) is 1. The molecule has 16 heavy (non-hydrogen) atoms. The molecule has 0 unspecified atom stereocenters. The van der Waals surface area contributed by atoms with Gasteiger partial charge >= 0.3 is 0 Å². The van der Waals surface area contributed by atoms with Gasteiger partial charge in [0.2, 0.25) is 0 Å². The molecule has 0 amide bonds. The van der Waals surface area contributed by atoms with Crippen LogP contribution in [0.4, 0.5) is 10.2 Å². The first kappa shape index (κ1) is 10.1. The molecule has 1 aromatic carbocycles. The minimum Gasteiger partial charge on any atom is -0.381 e. The summed E-state index contributed by atoms with van der Waals surface area (Å²) in [5.74, 6) is -0.368. The molecule has 1 aromatic heterocycles. The molecule has 0 aliphatic rings. The monoisotopic (exact) mass is 214 g/mol. The molecular formula is C11H7FN4. The number of nitriles is 1. The van der Waals surface area contributed by atoms with Crippen LogP contribution in [0.1, 0.15) is 5.69 Å². The van der Waals surface area contributed by atoms with Crippen LogP contribution in [0.5, 0.6) is 0 Å². The van der Waals surface area contributed by atoms with E-state index in [1.165, 1.54) is 12.3 Å². The summed E-state index contributed by atoms with van der Waals surface area (Å²) < 4.78 is 13.4. The summed E-state index contributed by atoms with van der Waals surface area (Å²) in [5.41, 5.74) is 6.02. The van der Waals surface area contributed by atoms with Crippen LogP contribution in [0.15, 0.2) is 30.5 Å². The lowest BCUT2D eigenvalue weighted by Gasteiger charge is -2.03. The highest BCUT2D eigenvalue weighted by Gasteiger charge is 2.09. The molecule has 0 radical (unpaired) electrons. The number of hydrogen-bond acceptors (Lipinski definition) is 4. The van der Waals surface area contributed by atoms with Crippen molar-refractivity contribution in [2.24, 2.45) is 0 Å². The highest BCUT2D eigenvalue weighted by Crippen LogP contribution is 2.20. The van der Waals surface area contributed by atoms with Crippen molar-refractivity contribution < 1.29 is 4.39 Å². The van der Waals surface area contributed by atoms with E-state index in [-0.39, 0.29) is 11.5 Å². The fraction of sp³-hybridized carbons (Fsp3) is 0. The normalized spacial score (nSPS) is 9.75. The second kappa shape index (κ2) is 3.95. The van der Waals surface area contributed by atoms with Gasteiger partial charge < -0.3 is 5.73 Å². The van der Waals surface area contributed by atoms with Crippen molar-refractivity contribution in [1.29, 1.82) is 5.26 Å². The van der Waals surface area contributed by atoms with Crippen molar-refractivity contribution in [3.05, 3.63) is 42.0 Å². The second-order valence-corrected chi connectivity index (χ2v) is 3.08. The summed E-state index contributed by atoms with van der Waals surface area (Å²) in [5, 5.41) is 8.73. The first-order valence-corrected chi connectivity index (χ1v) is 4.50. The Bertz CT molecular complexity index is 574. The number of rotatable bonds is 1. The lowest BCUT2D eigenvalue weighted by atomic mass is 10.1. The van der Waals surface area contributed by atoms with Gasteiger partial charge in [0.05, 0.1) is 11.9 Å². The van der Waals surface area contributed by atoms with E-state index in [2.05, 4.69) is 9.97 Å². The number of aromatic nitrogens is 2. The lowest BCUT2D eigenvalue weighted by Crippen LogP contribution is -1.99. The maximum atomic E-state index is 13.4. The summed E-state index contributed by atoms with van der Waals surface area (Å²) in [7, 11) is 0. The first-order valence-electron chi connectivity index (χ1n) is 4.50. The Morgan fingerprint density at radius 1 is 1.31 bits per heavy atom. The van der Waals surface area contributed by atoms with Crippen LogP contribution in [-0.2, 0) is 0 Å². The SMILES string of the molecule is N#Cc1nc(-c2ccccc2F)cnc1N. The fourth-order valence-corrected chi connectivity index (χ4v) is 1.28. The van der Waals surface area contributed by atoms with E-state index in [0.29, 0.717) is 11.3 Å². The van der Waals surface area contributed by atoms with Crippen LogP contribution in [0, 0.1) is 17.1 Å². The first-order chi connectivity index (χ1) is 7.72. The van der Waals surface area contributed by atoms with Gasteiger partial charge in [-0.1, -0.05) is 12.1 Å². The average Bonchev–Trinajstić information content (AvgIpc) is 2.31. The molecule has 0 saturated heterocycles. The summed E-state index contributed by atoms with van der Waals surface area (Å²) in [6.45, 7) is 0. The molecule has 1 heterocycles. The molecule has 78 valence electrons. The van der Waals surface area contributed by atoms with E-state index in [0.717, 1.165) is 0 Å². The smallest absolute Gasteiger partial charge is 0.183 e. The van der Waals surface area contributed by atoms with Crippen molar-refractivity contribution in [2.75, 3.05) is 5.73 Å². The van der Waals surface area contributed by atoms with E-state index in [4.69, 9.17) is 11.0 Å². The molecule has 0 fully saturated rings. The lowest BCUT2D eigenvalue weighted by molar-refractivity contribution is 0.630. The fourth-order valence-electron chi connectivity index (χ4n) is 1.28. The summed E-state index contributed by atoms with van der Waals surface area (Å²) in [4.78, 5) is 7.73. The van der Waals surface area contributed by atoms with E-state index >= 15 is 0 Å². The standard InChI is InChI=1S/C11H7FN4/c12-8-4-2-1-3-7(8)10-6-15-11(14)9(5-13)16-10/h1-4,6H,(H2,14,15). The quantitative estimate of drug-likeness (QED) is 0.784. The van der Waals surface area contributed by atoms with Crippen molar-refractivity contribution in [1.82, 2.24) is 9.97 Å². The van der Waals surface area contributed by atoms with Crippen LogP contribution in [-0.4, -0.2) is 9.97 Å². The largest absolute Gasteiger partial charge is 0.381 e. The molecule has 4 nitrogen and oxygen atoms in total. The van der Waals surface area contributed by atoms with E-state index in [1.54, 1.807) is 24.3 Å². The van der Waals surface area contributed by atoms with E-state index < -0.39 is 5.82 Å². The molecule has 5 heteroatoms. The van der Waals surface area contributed by atoms with Crippen molar-refractivity contribution >= 4 is 5.82 Å². The molecule has 2 N–H and O–H groups in total. The summed E-state index contributed by atoms with van der Waals surface area (Å²) in [6, 6.07) is 7.95. The minimum atomic E-state index is -0.412. The van der Waals surface area contributed by atoms with Gasteiger partial charge in [-0.3, -0.25) is 0 Å². The zero-order valence-corrected chi connectivity index (χ0v) is 8.18. The average molecular weight is 214 g/mol. The van der Waals surface area contributed by atoms with Gasteiger partial charge in [-0.05, 0) is 12.1 Å². The van der Waals surface area contributed by atoms with Gasteiger partial charge in [-0.2, -0.15) is 5.26 Å². The third-order valence-corrected chi connectivity index (χ3v) is 2.06. The molecule has 2 rings (SSSR count). The number of anilines is 1. The molecule has 0 bridgehead atoms. The molecule has 0 aliphatic carbocycles. The van der Waals surface area contributed by atoms with Crippen LogP contribution < -0.4 is 5.73 Å².